The Balaban J connectivity index is 1.52. The third-order valence-corrected chi connectivity index (χ3v) is 5.15. The van der Waals surface area contributed by atoms with Crippen LogP contribution in [0.4, 0.5) is 0 Å². The number of carbonyl (C=O) groups excluding carboxylic acids is 1. The largest absolute Gasteiger partial charge is 0.486 e. The van der Waals surface area contributed by atoms with Crippen molar-refractivity contribution in [3.05, 3.63) is 23.8 Å². The summed E-state index contributed by atoms with van der Waals surface area (Å²) in [5.74, 6) is 1.95. The second-order valence-electron chi connectivity index (χ2n) is 6.74. The standard InChI is InChI=1S/C18H24N2O3/c1-19(13-7-8-13)17(21)12-20-9-3-5-15(20)14-4-2-6-16-18(14)23-11-10-22-16/h2,4,6,13,15H,3,5,7-12H2,1H3/t15-/m1/s1. The number of hydrogen-bond donors (Lipinski definition) is 0. The number of likely N-dealkylation sites (N-methyl/N-ethyl adjacent to an activating group) is 1. The zero-order valence-corrected chi connectivity index (χ0v) is 13.7. The van der Waals surface area contributed by atoms with E-state index in [4.69, 9.17) is 9.47 Å². The van der Waals surface area contributed by atoms with E-state index in [2.05, 4.69) is 11.0 Å². The van der Waals surface area contributed by atoms with E-state index >= 15 is 0 Å². The third kappa shape index (κ3) is 2.90. The van der Waals surface area contributed by atoms with E-state index in [1.165, 1.54) is 5.56 Å². The van der Waals surface area contributed by atoms with Crippen LogP contribution in [0.5, 0.6) is 11.5 Å². The molecule has 0 N–H and O–H groups in total. The molecule has 0 aromatic heterocycles. The number of ether oxygens (including phenoxy) is 2. The van der Waals surface area contributed by atoms with E-state index < -0.39 is 0 Å². The van der Waals surface area contributed by atoms with Crippen LogP contribution in [0, 0.1) is 0 Å². The van der Waals surface area contributed by atoms with Crippen molar-refractivity contribution in [2.75, 3.05) is 33.4 Å². The van der Waals surface area contributed by atoms with Gasteiger partial charge < -0.3 is 14.4 Å². The van der Waals surface area contributed by atoms with E-state index in [0.717, 1.165) is 43.7 Å². The van der Waals surface area contributed by atoms with Crippen molar-refractivity contribution < 1.29 is 14.3 Å². The minimum Gasteiger partial charge on any atom is -0.486 e. The third-order valence-electron chi connectivity index (χ3n) is 5.15. The molecule has 1 atom stereocenters. The first-order valence-electron chi connectivity index (χ1n) is 8.62. The van der Waals surface area contributed by atoms with Crippen molar-refractivity contribution >= 4 is 5.91 Å². The second kappa shape index (κ2) is 6.04. The number of likely N-dealkylation sites (tertiary alicyclic amines) is 1. The number of hydrogen-bond acceptors (Lipinski definition) is 4. The molecule has 4 rings (SSSR count). The number of rotatable bonds is 4. The first-order chi connectivity index (χ1) is 11.2. The average molecular weight is 316 g/mol. The maximum absolute atomic E-state index is 12.5. The van der Waals surface area contributed by atoms with Crippen LogP contribution in [-0.4, -0.2) is 55.1 Å². The number of nitrogens with zero attached hydrogens (tertiary/aromatic N) is 2. The van der Waals surface area contributed by atoms with Crippen molar-refractivity contribution in [3.63, 3.8) is 0 Å². The smallest absolute Gasteiger partial charge is 0.236 e. The van der Waals surface area contributed by atoms with Crippen LogP contribution >= 0.6 is 0 Å². The first kappa shape index (κ1) is 14.8. The van der Waals surface area contributed by atoms with Gasteiger partial charge >= 0.3 is 0 Å². The van der Waals surface area contributed by atoms with E-state index in [1.807, 2.05) is 24.1 Å². The van der Waals surface area contributed by atoms with Gasteiger partial charge in [-0.25, -0.2) is 0 Å². The summed E-state index contributed by atoms with van der Waals surface area (Å²) in [4.78, 5) is 16.7. The predicted molar refractivity (Wildman–Crippen MR) is 86.8 cm³/mol. The summed E-state index contributed by atoms with van der Waals surface area (Å²) in [5, 5.41) is 0. The predicted octanol–water partition coefficient (Wildman–Crippen LogP) is 2.22. The SMILES string of the molecule is CN(C(=O)CN1CCC[C@@H]1c1cccc2c1OCCO2)C1CC1. The van der Waals surface area contributed by atoms with Crippen LogP contribution in [0.15, 0.2) is 18.2 Å². The maximum Gasteiger partial charge on any atom is 0.236 e. The van der Waals surface area contributed by atoms with Crippen molar-refractivity contribution in [1.82, 2.24) is 9.80 Å². The van der Waals surface area contributed by atoms with Gasteiger partial charge in [-0.1, -0.05) is 12.1 Å². The van der Waals surface area contributed by atoms with E-state index in [1.54, 1.807) is 0 Å². The summed E-state index contributed by atoms with van der Waals surface area (Å²) < 4.78 is 11.6. The number of carbonyl (C=O) groups is 1. The molecule has 2 heterocycles. The lowest BCUT2D eigenvalue weighted by Gasteiger charge is -2.29. The van der Waals surface area contributed by atoms with Crippen LogP contribution in [0.3, 0.4) is 0 Å². The quantitative estimate of drug-likeness (QED) is 0.854. The second-order valence-corrected chi connectivity index (χ2v) is 6.74. The van der Waals surface area contributed by atoms with Gasteiger partial charge in [-0.3, -0.25) is 9.69 Å². The minimum absolute atomic E-state index is 0.237. The molecule has 0 radical (unpaired) electrons. The molecule has 0 spiro atoms. The van der Waals surface area contributed by atoms with Gasteiger partial charge in [0.2, 0.25) is 5.91 Å². The normalized spacial score (nSPS) is 23.8. The van der Waals surface area contributed by atoms with Gasteiger partial charge in [0.1, 0.15) is 13.2 Å². The highest BCUT2D eigenvalue weighted by atomic mass is 16.6. The fourth-order valence-corrected chi connectivity index (χ4v) is 3.68. The number of para-hydroxylation sites is 1. The topological polar surface area (TPSA) is 42.0 Å². The van der Waals surface area contributed by atoms with Gasteiger partial charge in [-0.2, -0.15) is 0 Å². The highest BCUT2D eigenvalue weighted by molar-refractivity contribution is 5.78. The fraction of sp³-hybridized carbons (Fsp3) is 0.611. The van der Waals surface area contributed by atoms with Crippen molar-refractivity contribution in [2.45, 2.75) is 37.8 Å². The van der Waals surface area contributed by atoms with Gasteiger partial charge in [0.15, 0.2) is 11.5 Å². The minimum atomic E-state index is 0.237. The molecular weight excluding hydrogens is 292 g/mol. The molecule has 124 valence electrons. The molecule has 1 amide bonds. The summed E-state index contributed by atoms with van der Waals surface area (Å²) in [7, 11) is 1.94. The van der Waals surface area contributed by atoms with Crippen LogP contribution in [0.2, 0.25) is 0 Å². The molecule has 2 aliphatic heterocycles. The van der Waals surface area contributed by atoms with E-state index in [0.29, 0.717) is 25.8 Å². The molecule has 2 fully saturated rings. The molecule has 1 aliphatic carbocycles. The molecule has 1 aromatic carbocycles. The zero-order chi connectivity index (χ0) is 15.8. The molecule has 3 aliphatic rings. The molecule has 5 nitrogen and oxygen atoms in total. The highest BCUT2D eigenvalue weighted by Crippen LogP contribution is 2.42. The Hall–Kier alpha value is -1.75. The van der Waals surface area contributed by atoms with E-state index in [9.17, 15) is 4.79 Å². The average Bonchev–Trinajstić information content (AvgIpc) is 3.33. The maximum atomic E-state index is 12.5. The van der Waals surface area contributed by atoms with Crippen LogP contribution in [0.1, 0.15) is 37.3 Å². The summed E-state index contributed by atoms with van der Waals surface area (Å²) in [6, 6.07) is 6.83. The summed E-state index contributed by atoms with van der Waals surface area (Å²) in [5.41, 5.74) is 1.17. The number of fused-ring (bicyclic) bond motifs is 1. The lowest BCUT2D eigenvalue weighted by molar-refractivity contribution is -0.131. The Morgan fingerprint density at radius 1 is 1.26 bits per heavy atom. The number of amides is 1. The van der Waals surface area contributed by atoms with Gasteiger partial charge in [0.25, 0.3) is 0 Å². The monoisotopic (exact) mass is 316 g/mol. The molecule has 23 heavy (non-hydrogen) atoms. The summed E-state index contributed by atoms with van der Waals surface area (Å²) in [6.07, 6.45) is 4.50. The molecule has 1 saturated heterocycles. The van der Waals surface area contributed by atoms with Gasteiger partial charge in [0.05, 0.1) is 6.54 Å². The lowest BCUT2D eigenvalue weighted by Crippen LogP contribution is -2.39. The van der Waals surface area contributed by atoms with Crippen LogP contribution < -0.4 is 9.47 Å². The molecule has 1 aromatic rings. The van der Waals surface area contributed by atoms with Crippen molar-refractivity contribution in [2.24, 2.45) is 0 Å². The Kier molecular flexibility index (Phi) is 3.89. The van der Waals surface area contributed by atoms with Crippen LogP contribution in [-0.2, 0) is 4.79 Å². The zero-order valence-electron chi connectivity index (χ0n) is 13.7. The summed E-state index contributed by atoms with van der Waals surface area (Å²) in [6.45, 7) is 2.68. The van der Waals surface area contributed by atoms with E-state index in [-0.39, 0.29) is 11.9 Å². The lowest BCUT2D eigenvalue weighted by atomic mass is 10.0. The Labute approximate surface area is 137 Å². The van der Waals surface area contributed by atoms with Gasteiger partial charge in [-0.05, 0) is 38.3 Å². The van der Waals surface area contributed by atoms with Gasteiger partial charge in [-0.15, -0.1) is 0 Å². The van der Waals surface area contributed by atoms with Crippen molar-refractivity contribution in [3.8, 4) is 11.5 Å². The molecule has 5 heteroatoms. The molecule has 0 unspecified atom stereocenters. The van der Waals surface area contributed by atoms with Crippen LogP contribution in [0.25, 0.3) is 0 Å². The first-order valence-corrected chi connectivity index (χ1v) is 8.62. The Bertz CT molecular complexity index is 600. The Morgan fingerprint density at radius 3 is 2.91 bits per heavy atom. The number of benzene rings is 1. The van der Waals surface area contributed by atoms with Crippen molar-refractivity contribution in [1.29, 1.82) is 0 Å². The highest BCUT2D eigenvalue weighted by Gasteiger charge is 2.34. The Morgan fingerprint density at radius 2 is 2.09 bits per heavy atom. The summed E-state index contributed by atoms with van der Waals surface area (Å²) >= 11 is 0. The van der Waals surface area contributed by atoms with Gasteiger partial charge in [0, 0.05) is 24.7 Å². The molecule has 1 saturated carbocycles. The molecular formula is C18H24N2O3. The molecule has 0 bridgehead atoms. The fourth-order valence-electron chi connectivity index (χ4n) is 3.68.